The maximum Gasteiger partial charge on any atom is 0.196 e. The number of thioether (sulfide) groups is 1. The number of aromatic nitrogens is 4. The molecule has 0 atom stereocenters. The van der Waals surface area contributed by atoms with Gasteiger partial charge < -0.3 is 9.47 Å². The minimum absolute atomic E-state index is 0.102. The van der Waals surface area contributed by atoms with E-state index in [1.54, 1.807) is 47.3 Å². The third kappa shape index (κ3) is 4.47. The van der Waals surface area contributed by atoms with Crippen LogP contribution in [0.15, 0.2) is 72.1 Å². The average molecular weight is 450 g/mol. The van der Waals surface area contributed by atoms with Crippen molar-refractivity contribution < 1.29 is 18.7 Å². The summed E-state index contributed by atoms with van der Waals surface area (Å²) in [5, 5.41) is 9.10. The molecular formula is C23H19FN4O3S. The number of Topliss-reactive ketones (excluding diaryl/α,β-unsaturated/α-hetero) is 1. The fourth-order valence-corrected chi connectivity index (χ4v) is 3.94. The summed E-state index contributed by atoms with van der Waals surface area (Å²) in [7, 11) is 3.06. The zero-order valence-electron chi connectivity index (χ0n) is 17.4. The van der Waals surface area contributed by atoms with Gasteiger partial charge >= 0.3 is 0 Å². The van der Waals surface area contributed by atoms with Gasteiger partial charge in [0.2, 0.25) is 0 Å². The number of carbonyl (C=O) groups excluding carboxylic acids is 1. The second-order valence-corrected chi connectivity index (χ2v) is 7.58. The monoisotopic (exact) mass is 450 g/mol. The summed E-state index contributed by atoms with van der Waals surface area (Å²) in [6.07, 6.45) is 3.32. The Morgan fingerprint density at radius 2 is 1.69 bits per heavy atom. The molecular weight excluding hydrogens is 431 g/mol. The van der Waals surface area contributed by atoms with Gasteiger partial charge in [-0.2, -0.15) is 0 Å². The lowest BCUT2D eigenvalue weighted by atomic mass is 10.1. The van der Waals surface area contributed by atoms with Crippen LogP contribution in [-0.2, 0) is 0 Å². The van der Waals surface area contributed by atoms with Crippen LogP contribution >= 0.6 is 11.8 Å². The molecule has 0 saturated heterocycles. The summed E-state index contributed by atoms with van der Waals surface area (Å²) >= 11 is 1.25. The third-order valence-corrected chi connectivity index (χ3v) is 5.62. The largest absolute Gasteiger partial charge is 0.493 e. The Morgan fingerprint density at radius 3 is 2.38 bits per heavy atom. The fourth-order valence-electron chi connectivity index (χ4n) is 3.10. The van der Waals surface area contributed by atoms with Crippen molar-refractivity contribution in [2.45, 2.75) is 5.16 Å². The highest BCUT2D eigenvalue weighted by molar-refractivity contribution is 7.99. The number of nitrogens with zero attached hydrogens (tertiary/aromatic N) is 4. The number of rotatable bonds is 8. The van der Waals surface area contributed by atoms with Crippen LogP contribution < -0.4 is 9.47 Å². The van der Waals surface area contributed by atoms with Crippen molar-refractivity contribution in [3.05, 3.63) is 78.4 Å². The number of halogens is 1. The molecule has 32 heavy (non-hydrogen) atoms. The van der Waals surface area contributed by atoms with Crippen LogP contribution in [0.5, 0.6) is 11.5 Å². The third-order valence-electron chi connectivity index (χ3n) is 4.69. The Kier molecular flexibility index (Phi) is 6.46. The van der Waals surface area contributed by atoms with Crippen LogP contribution in [0, 0.1) is 5.82 Å². The lowest BCUT2D eigenvalue weighted by molar-refractivity contribution is 0.102. The van der Waals surface area contributed by atoms with E-state index in [0.29, 0.717) is 33.7 Å². The molecule has 0 unspecified atom stereocenters. The van der Waals surface area contributed by atoms with Crippen molar-refractivity contribution in [1.29, 1.82) is 0 Å². The number of ether oxygens (including phenoxy) is 2. The Labute approximate surface area is 188 Å². The quantitative estimate of drug-likeness (QED) is 0.290. The van der Waals surface area contributed by atoms with Gasteiger partial charge in [0.05, 0.1) is 20.0 Å². The molecule has 4 aromatic rings. The van der Waals surface area contributed by atoms with Gasteiger partial charge in [-0.1, -0.05) is 11.8 Å². The van der Waals surface area contributed by atoms with Crippen molar-refractivity contribution in [3.8, 4) is 28.6 Å². The molecule has 0 radical (unpaired) electrons. The molecule has 0 bridgehead atoms. The van der Waals surface area contributed by atoms with E-state index in [-0.39, 0.29) is 17.4 Å². The molecule has 0 N–H and O–H groups in total. The van der Waals surface area contributed by atoms with E-state index in [1.165, 1.54) is 38.1 Å². The molecule has 4 rings (SSSR count). The van der Waals surface area contributed by atoms with Crippen LogP contribution in [-0.4, -0.2) is 45.5 Å². The van der Waals surface area contributed by atoms with Crippen LogP contribution in [0.25, 0.3) is 17.1 Å². The molecule has 0 fully saturated rings. The van der Waals surface area contributed by atoms with Crippen molar-refractivity contribution in [2.75, 3.05) is 20.0 Å². The van der Waals surface area contributed by atoms with E-state index in [2.05, 4.69) is 15.2 Å². The Bertz CT molecular complexity index is 1230. The number of benzene rings is 2. The molecule has 2 aromatic carbocycles. The molecule has 0 aliphatic carbocycles. The molecule has 2 aromatic heterocycles. The lowest BCUT2D eigenvalue weighted by Crippen LogP contribution is -2.06. The molecule has 2 heterocycles. The summed E-state index contributed by atoms with van der Waals surface area (Å²) in [5.74, 6) is 1.29. The van der Waals surface area contributed by atoms with Crippen molar-refractivity contribution in [2.24, 2.45) is 0 Å². The van der Waals surface area contributed by atoms with E-state index in [1.807, 2.05) is 12.1 Å². The van der Waals surface area contributed by atoms with E-state index >= 15 is 0 Å². The zero-order chi connectivity index (χ0) is 22.5. The van der Waals surface area contributed by atoms with Gasteiger partial charge in [0, 0.05) is 29.2 Å². The Hall–Kier alpha value is -3.72. The van der Waals surface area contributed by atoms with E-state index in [4.69, 9.17) is 9.47 Å². The van der Waals surface area contributed by atoms with E-state index in [0.717, 1.165) is 5.56 Å². The molecule has 0 saturated carbocycles. The van der Waals surface area contributed by atoms with Gasteiger partial charge in [-0.05, 0) is 54.6 Å². The van der Waals surface area contributed by atoms with Crippen LogP contribution in [0.3, 0.4) is 0 Å². The summed E-state index contributed by atoms with van der Waals surface area (Å²) < 4.78 is 25.8. The average Bonchev–Trinajstić information content (AvgIpc) is 3.27. The van der Waals surface area contributed by atoms with Gasteiger partial charge in [0.1, 0.15) is 5.82 Å². The highest BCUT2D eigenvalue weighted by Crippen LogP contribution is 2.30. The lowest BCUT2D eigenvalue weighted by Gasteiger charge is -2.11. The van der Waals surface area contributed by atoms with Gasteiger partial charge in [0.25, 0.3) is 0 Å². The highest BCUT2D eigenvalue weighted by Gasteiger charge is 2.18. The Balaban J connectivity index is 1.63. The topological polar surface area (TPSA) is 79.1 Å². The molecule has 7 nitrogen and oxygen atoms in total. The van der Waals surface area contributed by atoms with Crippen LogP contribution in [0.2, 0.25) is 0 Å². The highest BCUT2D eigenvalue weighted by atomic mass is 32.2. The number of carbonyl (C=O) groups is 1. The van der Waals surface area contributed by atoms with Crippen LogP contribution in [0.4, 0.5) is 4.39 Å². The molecule has 0 aliphatic heterocycles. The maximum atomic E-state index is 13.5. The summed E-state index contributed by atoms with van der Waals surface area (Å²) in [5.41, 5.74) is 1.98. The summed E-state index contributed by atoms with van der Waals surface area (Å²) in [4.78, 5) is 16.9. The van der Waals surface area contributed by atoms with Gasteiger partial charge in [-0.15, -0.1) is 10.2 Å². The van der Waals surface area contributed by atoms with Crippen molar-refractivity contribution >= 4 is 17.5 Å². The smallest absolute Gasteiger partial charge is 0.196 e. The normalized spacial score (nSPS) is 10.7. The van der Waals surface area contributed by atoms with Gasteiger partial charge in [-0.3, -0.25) is 14.3 Å². The summed E-state index contributed by atoms with van der Waals surface area (Å²) in [6, 6.07) is 14.7. The second-order valence-electron chi connectivity index (χ2n) is 6.64. The molecule has 0 amide bonds. The van der Waals surface area contributed by atoms with Crippen LogP contribution in [0.1, 0.15) is 10.4 Å². The minimum atomic E-state index is -0.342. The molecule has 0 spiro atoms. The van der Waals surface area contributed by atoms with E-state index in [9.17, 15) is 9.18 Å². The van der Waals surface area contributed by atoms with Gasteiger partial charge in [-0.25, -0.2) is 4.39 Å². The number of ketones is 1. The van der Waals surface area contributed by atoms with Gasteiger partial charge in [0.15, 0.2) is 28.3 Å². The fraction of sp³-hybridized carbons (Fsp3) is 0.130. The number of pyridine rings is 1. The second kappa shape index (κ2) is 9.61. The predicted molar refractivity (Wildman–Crippen MR) is 119 cm³/mol. The molecule has 0 aliphatic rings. The first-order valence-electron chi connectivity index (χ1n) is 9.60. The first kappa shape index (κ1) is 21.5. The summed E-state index contributed by atoms with van der Waals surface area (Å²) in [6.45, 7) is 0. The molecule has 162 valence electrons. The molecule has 9 heteroatoms. The first-order valence-corrected chi connectivity index (χ1v) is 10.6. The predicted octanol–water partition coefficient (Wildman–Crippen LogP) is 4.46. The number of hydrogen-bond donors (Lipinski definition) is 0. The zero-order valence-corrected chi connectivity index (χ0v) is 18.2. The Morgan fingerprint density at radius 1 is 0.969 bits per heavy atom. The number of hydrogen-bond acceptors (Lipinski definition) is 7. The standard InChI is InChI=1S/C23H19FN4O3S/c1-30-20-8-3-16(13-21(20)31-2)19(29)14-32-23-27-26-22(15-9-11-25-12-10-15)28(23)18-6-4-17(24)5-7-18/h3-13H,14H2,1-2H3. The minimum Gasteiger partial charge on any atom is -0.493 e. The first-order chi connectivity index (χ1) is 15.6. The SMILES string of the molecule is COc1ccc(C(=O)CSc2nnc(-c3ccncc3)n2-c2ccc(F)cc2)cc1OC. The maximum absolute atomic E-state index is 13.5. The van der Waals surface area contributed by atoms with E-state index < -0.39 is 0 Å². The number of methoxy groups -OCH3 is 2. The van der Waals surface area contributed by atoms with Crippen molar-refractivity contribution in [1.82, 2.24) is 19.7 Å². The van der Waals surface area contributed by atoms with Crippen molar-refractivity contribution in [3.63, 3.8) is 0 Å².